The van der Waals surface area contributed by atoms with E-state index in [0.717, 1.165) is 11.1 Å². The molecule has 1 nitrogen and oxygen atoms in total. The van der Waals surface area contributed by atoms with Gasteiger partial charge in [0, 0.05) is 0 Å². The lowest BCUT2D eigenvalue weighted by atomic mass is 9.82. The molecule has 22 heavy (non-hydrogen) atoms. The molecule has 0 fully saturated rings. The Morgan fingerprint density at radius 3 is 2.05 bits per heavy atom. The van der Waals surface area contributed by atoms with Crippen LogP contribution in [0, 0.1) is 5.41 Å². The van der Waals surface area contributed by atoms with Gasteiger partial charge in [-0.05, 0) is 53.0 Å². The minimum absolute atomic E-state index is 0.351. The Kier molecular flexibility index (Phi) is 5.08. The van der Waals surface area contributed by atoms with Crippen molar-refractivity contribution in [1.82, 2.24) is 0 Å². The van der Waals surface area contributed by atoms with Gasteiger partial charge < -0.3 is 5.11 Å². The van der Waals surface area contributed by atoms with Crippen molar-refractivity contribution < 1.29 is 5.11 Å². The molecular formula is C21H28O. The number of rotatable bonds is 4. The van der Waals surface area contributed by atoms with Gasteiger partial charge in [-0.25, -0.2) is 0 Å². The molecule has 1 heteroatoms. The van der Waals surface area contributed by atoms with Gasteiger partial charge in [0.25, 0.3) is 0 Å². The monoisotopic (exact) mass is 296 g/mol. The van der Waals surface area contributed by atoms with E-state index in [2.05, 4.69) is 64.1 Å². The minimum atomic E-state index is -0.425. The molecule has 0 saturated heterocycles. The number of aliphatic hydroxyl groups is 1. The van der Waals surface area contributed by atoms with Crippen LogP contribution in [0.25, 0.3) is 11.1 Å². The first-order valence-corrected chi connectivity index (χ1v) is 8.14. The van der Waals surface area contributed by atoms with Gasteiger partial charge in [0.1, 0.15) is 0 Å². The summed E-state index contributed by atoms with van der Waals surface area (Å²) in [7, 11) is 0. The van der Waals surface area contributed by atoms with E-state index in [4.69, 9.17) is 0 Å². The molecule has 0 aromatic heterocycles. The Balaban J connectivity index is 2.20. The fraction of sp³-hybridized carbons (Fsp3) is 0.429. The number of hydrogen-bond acceptors (Lipinski definition) is 1. The summed E-state index contributed by atoms with van der Waals surface area (Å²) in [5, 5.41) is 9.72. The molecule has 0 bridgehead atoms. The second kappa shape index (κ2) is 6.66. The van der Waals surface area contributed by atoms with Gasteiger partial charge in [0.05, 0.1) is 6.10 Å². The van der Waals surface area contributed by atoms with E-state index in [0.29, 0.717) is 11.3 Å². The molecule has 0 aliphatic rings. The van der Waals surface area contributed by atoms with E-state index < -0.39 is 6.10 Å². The molecule has 0 saturated carbocycles. The molecule has 1 N–H and O–H groups in total. The third-order valence-electron chi connectivity index (χ3n) is 4.10. The highest BCUT2D eigenvalue weighted by atomic mass is 16.3. The van der Waals surface area contributed by atoms with Crippen LogP contribution in [0.15, 0.2) is 48.5 Å². The largest absolute Gasteiger partial charge is 0.389 e. The van der Waals surface area contributed by atoms with Crippen molar-refractivity contribution in [2.45, 2.75) is 53.1 Å². The van der Waals surface area contributed by atoms with E-state index in [1.165, 1.54) is 17.5 Å². The Morgan fingerprint density at radius 1 is 0.864 bits per heavy atom. The van der Waals surface area contributed by atoms with Crippen LogP contribution >= 0.6 is 0 Å². The van der Waals surface area contributed by atoms with Crippen LogP contribution in [0.2, 0.25) is 0 Å². The highest BCUT2D eigenvalue weighted by Gasteiger charge is 2.16. The highest BCUT2D eigenvalue weighted by molar-refractivity contribution is 5.64. The van der Waals surface area contributed by atoms with Crippen LogP contribution in [-0.2, 0) is 0 Å². The molecule has 2 aromatic rings. The summed E-state index contributed by atoms with van der Waals surface area (Å²) in [6.07, 6.45) is 0.759. The SMILES string of the molecule is CC(O)c1cccc(-c2ccc(C(C)CC(C)(C)C)cc2)c1. The van der Waals surface area contributed by atoms with Gasteiger partial charge in [-0.2, -0.15) is 0 Å². The third kappa shape index (κ3) is 4.45. The lowest BCUT2D eigenvalue weighted by Crippen LogP contribution is -2.09. The zero-order valence-corrected chi connectivity index (χ0v) is 14.4. The van der Waals surface area contributed by atoms with Crippen molar-refractivity contribution in [1.29, 1.82) is 0 Å². The van der Waals surface area contributed by atoms with Gasteiger partial charge in [0.2, 0.25) is 0 Å². The van der Waals surface area contributed by atoms with E-state index in [9.17, 15) is 5.11 Å². The Hall–Kier alpha value is -1.60. The predicted octanol–water partition coefficient (Wildman–Crippen LogP) is 5.95. The molecule has 0 radical (unpaired) electrons. The van der Waals surface area contributed by atoms with Crippen molar-refractivity contribution in [3.63, 3.8) is 0 Å². The number of benzene rings is 2. The van der Waals surface area contributed by atoms with Crippen LogP contribution in [0.3, 0.4) is 0 Å². The fourth-order valence-corrected chi connectivity index (χ4v) is 3.02. The smallest absolute Gasteiger partial charge is 0.0762 e. The normalized spacial score (nSPS) is 14.6. The molecule has 0 spiro atoms. The molecule has 2 rings (SSSR count). The van der Waals surface area contributed by atoms with E-state index >= 15 is 0 Å². The molecule has 0 aliphatic carbocycles. The van der Waals surface area contributed by atoms with Gasteiger partial charge >= 0.3 is 0 Å². The number of aliphatic hydroxyl groups excluding tert-OH is 1. The highest BCUT2D eigenvalue weighted by Crippen LogP contribution is 2.32. The first-order chi connectivity index (χ1) is 10.3. The summed E-state index contributed by atoms with van der Waals surface area (Å²) >= 11 is 0. The fourth-order valence-electron chi connectivity index (χ4n) is 3.02. The first-order valence-electron chi connectivity index (χ1n) is 8.14. The minimum Gasteiger partial charge on any atom is -0.389 e. The second-order valence-corrected chi connectivity index (χ2v) is 7.59. The third-order valence-corrected chi connectivity index (χ3v) is 4.10. The zero-order chi connectivity index (χ0) is 16.3. The zero-order valence-electron chi connectivity index (χ0n) is 14.4. The topological polar surface area (TPSA) is 20.2 Å². The van der Waals surface area contributed by atoms with Crippen molar-refractivity contribution in [2.24, 2.45) is 5.41 Å². The lowest BCUT2D eigenvalue weighted by Gasteiger charge is -2.23. The predicted molar refractivity (Wildman–Crippen MR) is 95.0 cm³/mol. The molecule has 2 aromatic carbocycles. The van der Waals surface area contributed by atoms with Crippen LogP contribution in [-0.4, -0.2) is 5.11 Å². The lowest BCUT2D eigenvalue weighted by molar-refractivity contribution is 0.199. The molecule has 118 valence electrons. The maximum Gasteiger partial charge on any atom is 0.0762 e. The van der Waals surface area contributed by atoms with Gasteiger partial charge in [-0.15, -0.1) is 0 Å². The quantitative estimate of drug-likeness (QED) is 0.739. The summed E-state index contributed by atoms with van der Waals surface area (Å²) in [6, 6.07) is 17.0. The first kappa shape index (κ1) is 16.8. The Bertz CT molecular complexity index is 603. The molecule has 0 aliphatic heterocycles. The summed E-state index contributed by atoms with van der Waals surface area (Å²) in [5.41, 5.74) is 5.07. The summed E-state index contributed by atoms with van der Waals surface area (Å²) in [4.78, 5) is 0. The standard InChI is InChI=1S/C21H28O/c1-15(14-21(3,4)5)17-9-11-18(12-10-17)20-8-6-7-19(13-20)16(2)22/h6-13,15-16,22H,14H2,1-5H3. The summed E-state index contributed by atoms with van der Waals surface area (Å²) in [6.45, 7) is 11.0. The van der Waals surface area contributed by atoms with Gasteiger partial charge in [0.15, 0.2) is 0 Å². The van der Waals surface area contributed by atoms with E-state index in [1.54, 1.807) is 6.92 Å². The van der Waals surface area contributed by atoms with E-state index in [1.807, 2.05) is 12.1 Å². The molecule has 2 atom stereocenters. The molecule has 0 amide bonds. The molecule has 2 unspecified atom stereocenters. The van der Waals surface area contributed by atoms with Crippen molar-refractivity contribution in [3.8, 4) is 11.1 Å². The maximum atomic E-state index is 9.72. The van der Waals surface area contributed by atoms with Crippen LogP contribution in [0.4, 0.5) is 0 Å². The van der Waals surface area contributed by atoms with Gasteiger partial charge in [-0.1, -0.05) is 70.2 Å². The van der Waals surface area contributed by atoms with Crippen LogP contribution in [0.5, 0.6) is 0 Å². The summed E-state index contributed by atoms with van der Waals surface area (Å²) < 4.78 is 0. The number of hydrogen-bond donors (Lipinski definition) is 1. The van der Waals surface area contributed by atoms with Crippen molar-refractivity contribution in [2.75, 3.05) is 0 Å². The average Bonchev–Trinajstić information content (AvgIpc) is 2.46. The molecular weight excluding hydrogens is 268 g/mol. The maximum absolute atomic E-state index is 9.72. The Morgan fingerprint density at radius 2 is 1.50 bits per heavy atom. The van der Waals surface area contributed by atoms with Gasteiger partial charge in [-0.3, -0.25) is 0 Å². The van der Waals surface area contributed by atoms with Crippen LogP contribution < -0.4 is 0 Å². The van der Waals surface area contributed by atoms with Crippen LogP contribution in [0.1, 0.15) is 64.2 Å². The van der Waals surface area contributed by atoms with Crippen molar-refractivity contribution in [3.05, 3.63) is 59.7 Å². The van der Waals surface area contributed by atoms with Crippen molar-refractivity contribution >= 4 is 0 Å². The average molecular weight is 296 g/mol. The Labute approximate surface area is 135 Å². The summed E-state index contributed by atoms with van der Waals surface area (Å²) in [5.74, 6) is 0.567. The van der Waals surface area contributed by atoms with E-state index in [-0.39, 0.29) is 0 Å². The molecule has 0 heterocycles. The second-order valence-electron chi connectivity index (χ2n) is 7.59.